The van der Waals surface area contributed by atoms with Crippen molar-refractivity contribution >= 4 is 7.60 Å². The summed E-state index contributed by atoms with van der Waals surface area (Å²) in [5.74, 6) is 0.584. The van der Waals surface area contributed by atoms with Crippen molar-refractivity contribution < 1.29 is 23.8 Å². The lowest BCUT2D eigenvalue weighted by atomic mass is 10.3. The Morgan fingerprint density at radius 2 is 2.33 bits per heavy atom. The van der Waals surface area contributed by atoms with E-state index in [1.165, 1.54) is 13.3 Å². The molecule has 0 aliphatic rings. The third kappa shape index (κ3) is 3.97. The van der Waals surface area contributed by atoms with Gasteiger partial charge in [0.25, 0.3) is 0 Å². The van der Waals surface area contributed by atoms with Crippen LogP contribution in [0.1, 0.15) is 5.69 Å². The van der Waals surface area contributed by atoms with Crippen LogP contribution in [0.2, 0.25) is 0 Å². The second-order valence-corrected chi connectivity index (χ2v) is 4.56. The van der Waals surface area contributed by atoms with Crippen molar-refractivity contribution in [3.63, 3.8) is 0 Å². The SMILES string of the molecule is COc1ccnc(COP(=O)(O)CO)c1. The highest BCUT2D eigenvalue weighted by molar-refractivity contribution is 7.52. The number of rotatable bonds is 5. The summed E-state index contributed by atoms with van der Waals surface area (Å²) in [5.41, 5.74) is 0.456. The lowest BCUT2D eigenvalue weighted by Crippen LogP contribution is -1.97. The van der Waals surface area contributed by atoms with E-state index in [0.29, 0.717) is 11.4 Å². The van der Waals surface area contributed by atoms with Crippen molar-refractivity contribution in [2.24, 2.45) is 0 Å². The van der Waals surface area contributed by atoms with E-state index in [2.05, 4.69) is 9.51 Å². The molecule has 1 aromatic heterocycles. The van der Waals surface area contributed by atoms with Gasteiger partial charge in [-0.3, -0.25) is 9.55 Å². The molecule has 0 amide bonds. The maximum Gasteiger partial charge on any atom is 0.353 e. The minimum absolute atomic E-state index is 0.147. The Labute approximate surface area is 87.0 Å². The van der Waals surface area contributed by atoms with Gasteiger partial charge in [-0.15, -0.1) is 0 Å². The normalized spacial score (nSPS) is 14.6. The average molecular weight is 233 g/mol. The first-order chi connectivity index (χ1) is 7.07. The lowest BCUT2D eigenvalue weighted by molar-refractivity contribution is 0.214. The van der Waals surface area contributed by atoms with Crippen LogP contribution in [-0.2, 0) is 15.7 Å². The average Bonchev–Trinajstić information content (AvgIpc) is 2.27. The molecule has 6 nitrogen and oxygen atoms in total. The van der Waals surface area contributed by atoms with Gasteiger partial charge in [0.05, 0.1) is 19.4 Å². The summed E-state index contributed by atoms with van der Waals surface area (Å²) in [6.07, 6.45) is 0.593. The number of hydrogen-bond acceptors (Lipinski definition) is 5. The van der Waals surface area contributed by atoms with E-state index in [1.807, 2.05) is 0 Å². The molecule has 0 fully saturated rings. The molecule has 1 heterocycles. The largest absolute Gasteiger partial charge is 0.497 e. The molecule has 7 heteroatoms. The molecule has 15 heavy (non-hydrogen) atoms. The van der Waals surface area contributed by atoms with Gasteiger partial charge >= 0.3 is 7.60 Å². The van der Waals surface area contributed by atoms with Crippen LogP contribution in [0, 0.1) is 0 Å². The summed E-state index contributed by atoms with van der Waals surface area (Å²) in [4.78, 5) is 12.8. The maximum absolute atomic E-state index is 10.9. The van der Waals surface area contributed by atoms with Crippen LogP contribution in [0.25, 0.3) is 0 Å². The molecule has 1 aromatic rings. The van der Waals surface area contributed by atoms with Crippen molar-refractivity contribution in [1.29, 1.82) is 0 Å². The van der Waals surface area contributed by atoms with Crippen LogP contribution in [0.15, 0.2) is 18.3 Å². The summed E-state index contributed by atoms with van der Waals surface area (Å²) >= 11 is 0. The number of aliphatic hydroxyl groups excluding tert-OH is 1. The van der Waals surface area contributed by atoms with E-state index < -0.39 is 13.9 Å². The fourth-order valence-corrected chi connectivity index (χ4v) is 1.29. The highest BCUT2D eigenvalue weighted by Crippen LogP contribution is 2.41. The molecular weight excluding hydrogens is 221 g/mol. The van der Waals surface area contributed by atoms with Crippen LogP contribution >= 0.6 is 7.60 Å². The molecule has 84 valence electrons. The molecule has 0 aliphatic heterocycles. The van der Waals surface area contributed by atoms with Crippen LogP contribution in [0.3, 0.4) is 0 Å². The zero-order chi connectivity index (χ0) is 11.3. The monoisotopic (exact) mass is 233 g/mol. The number of hydrogen-bond donors (Lipinski definition) is 2. The molecule has 1 rings (SSSR count). The first-order valence-corrected chi connectivity index (χ1v) is 5.90. The van der Waals surface area contributed by atoms with Gasteiger partial charge in [-0.1, -0.05) is 0 Å². The van der Waals surface area contributed by atoms with Crippen molar-refractivity contribution in [1.82, 2.24) is 4.98 Å². The molecule has 0 aromatic carbocycles. The van der Waals surface area contributed by atoms with Gasteiger partial charge in [-0.05, 0) is 6.07 Å². The third-order valence-electron chi connectivity index (χ3n) is 1.62. The standard InChI is InChI=1S/C8H12NO5P/c1-13-8-2-3-9-7(4-8)5-14-15(11,12)6-10/h2-4,10H,5-6H2,1H3,(H,11,12). The van der Waals surface area contributed by atoms with Crippen LogP contribution < -0.4 is 4.74 Å². The van der Waals surface area contributed by atoms with Crippen LogP contribution in [0.5, 0.6) is 5.75 Å². The van der Waals surface area contributed by atoms with E-state index in [4.69, 9.17) is 14.7 Å². The van der Waals surface area contributed by atoms with E-state index in [1.54, 1.807) is 12.1 Å². The second kappa shape index (κ2) is 5.23. The summed E-state index contributed by atoms with van der Waals surface area (Å²) in [6, 6.07) is 3.23. The fraction of sp³-hybridized carbons (Fsp3) is 0.375. The van der Waals surface area contributed by atoms with E-state index >= 15 is 0 Å². The van der Waals surface area contributed by atoms with Gasteiger partial charge in [0.1, 0.15) is 12.1 Å². The quantitative estimate of drug-likeness (QED) is 0.729. The Bertz CT molecular complexity index is 370. The first kappa shape index (κ1) is 12.1. The molecule has 1 atom stereocenters. The Balaban J connectivity index is 2.61. The van der Waals surface area contributed by atoms with Gasteiger partial charge in [0, 0.05) is 12.3 Å². The molecule has 0 saturated heterocycles. The topological polar surface area (TPSA) is 88.9 Å². The number of pyridine rings is 1. The van der Waals surface area contributed by atoms with Gasteiger partial charge in [0.15, 0.2) is 0 Å². The fourth-order valence-electron chi connectivity index (χ4n) is 0.870. The summed E-state index contributed by atoms with van der Waals surface area (Å²) < 4.78 is 20.5. The molecule has 1 unspecified atom stereocenters. The van der Waals surface area contributed by atoms with Crippen molar-refractivity contribution in [3.05, 3.63) is 24.0 Å². The Morgan fingerprint density at radius 1 is 1.60 bits per heavy atom. The Hall–Kier alpha value is -0.940. The minimum Gasteiger partial charge on any atom is -0.497 e. The first-order valence-electron chi connectivity index (χ1n) is 4.13. The summed E-state index contributed by atoms with van der Waals surface area (Å²) in [7, 11) is -2.38. The smallest absolute Gasteiger partial charge is 0.353 e. The van der Waals surface area contributed by atoms with Crippen molar-refractivity contribution in [2.45, 2.75) is 6.61 Å². The number of aromatic nitrogens is 1. The number of methoxy groups -OCH3 is 1. The number of aliphatic hydroxyl groups is 1. The minimum atomic E-state index is -3.89. The van der Waals surface area contributed by atoms with Gasteiger partial charge in [-0.2, -0.15) is 0 Å². The summed E-state index contributed by atoms with van der Waals surface area (Å²) in [6.45, 7) is -0.147. The van der Waals surface area contributed by atoms with Crippen molar-refractivity contribution in [2.75, 3.05) is 13.5 Å². The van der Waals surface area contributed by atoms with Gasteiger partial charge < -0.3 is 19.3 Å². The highest BCUT2D eigenvalue weighted by atomic mass is 31.2. The molecule has 0 radical (unpaired) electrons. The maximum atomic E-state index is 10.9. The van der Waals surface area contributed by atoms with Crippen molar-refractivity contribution in [3.8, 4) is 5.75 Å². The number of nitrogens with zero attached hydrogens (tertiary/aromatic N) is 1. The zero-order valence-electron chi connectivity index (χ0n) is 8.16. The molecule has 2 N–H and O–H groups in total. The second-order valence-electron chi connectivity index (χ2n) is 2.74. The Kier molecular flexibility index (Phi) is 4.23. The summed E-state index contributed by atoms with van der Waals surface area (Å²) in [5, 5.41) is 8.49. The molecule has 0 aliphatic carbocycles. The van der Waals surface area contributed by atoms with Crippen LogP contribution in [-0.4, -0.2) is 28.4 Å². The van der Waals surface area contributed by atoms with Gasteiger partial charge in [-0.25, -0.2) is 0 Å². The highest BCUT2D eigenvalue weighted by Gasteiger charge is 2.17. The predicted octanol–water partition coefficient (Wildman–Crippen LogP) is 0.742. The van der Waals surface area contributed by atoms with E-state index in [9.17, 15) is 4.57 Å². The lowest BCUT2D eigenvalue weighted by Gasteiger charge is -2.08. The Morgan fingerprint density at radius 3 is 2.93 bits per heavy atom. The molecule has 0 bridgehead atoms. The van der Waals surface area contributed by atoms with Gasteiger partial charge in [0.2, 0.25) is 0 Å². The predicted molar refractivity (Wildman–Crippen MR) is 52.5 cm³/mol. The van der Waals surface area contributed by atoms with Crippen LogP contribution in [0.4, 0.5) is 0 Å². The zero-order valence-corrected chi connectivity index (χ0v) is 9.05. The molecule has 0 saturated carbocycles. The molecule has 0 spiro atoms. The molecular formula is C8H12NO5P. The number of ether oxygens (including phenoxy) is 1. The van der Waals surface area contributed by atoms with E-state index in [-0.39, 0.29) is 6.61 Å². The van der Waals surface area contributed by atoms with E-state index in [0.717, 1.165) is 0 Å². The third-order valence-corrected chi connectivity index (χ3v) is 2.51.